The van der Waals surface area contributed by atoms with Crippen molar-refractivity contribution in [1.82, 2.24) is 5.32 Å². The summed E-state index contributed by atoms with van der Waals surface area (Å²) in [7, 11) is 0. The maximum Gasteiger partial charge on any atom is 0.261 e. The van der Waals surface area contributed by atoms with Gasteiger partial charge >= 0.3 is 0 Å². The molecule has 1 aromatic carbocycles. The summed E-state index contributed by atoms with van der Waals surface area (Å²) in [5, 5.41) is 12.8. The zero-order chi connectivity index (χ0) is 13.2. The van der Waals surface area contributed by atoms with Crippen molar-refractivity contribution in [3.05, 3.63) is 29.3 Å². The predicted molar refractivity (Wildman–Crippen MR) is 71.0 cm³/mol. The van der Waals surface area contributed by atoms with Crippen LogP contribution >= 0.6 is 0 Å². The smallest absolute Gasteiger partial charge is 0.261 e. The van der Waals surface area contributed by atoms with E-state index in [1.54, 1.807) is 0 Å². The van der Waals surface area contributed by atoms with E-state index in [1.807, 2.05) is 18.2 Å². The maximum absolute atomic E-state index is 11.9. The van der Waals surface area contributed by atoms with E-state index >= 15 is 0 Å². The van der Waals surface area contributed by atoms with Crippen LogP contribution < -0.4 is 10.1 Å². The van der Waals surface area contributed by atoms with E-state index in [4.69, 9.17) is 4.74 Å². The van der Waals surface area contributed by atoms with Gasteiger partial charge in [0.2, 0.25) is 0 Å². The third-order valence-corrected chi connectivity index (χ3v) is 3.95. The Kier molecular flexibility index (Phi) is 3.42. The van der Waals surface area contributed by atoms with Crippen LogP contribution in [0.3, 0.4) is 0 Å². The fourth-order valence-corrected chi connectivity index (χ4v) is 2.89. The molecule has 1 heterocycles. The first kappa shape index (κ1) is 12.5. The van der Waals surface area contributed by atoms with E-state index in [2.05, 4.69) is 5.32 Å². The number of ether oxygens (including phenoxy) is 1. The van der Waals surface area contributed by atoms with Gasteiger partial charge in [-0.25, -0.2) is 0 Å². The van der Waals surface area contributed by atoms with Gasteiger partial charge in [-0.15, -0.1) is 0 Å². The maximum atomic E-state index is 11.9. The van der Waals surface area contributed by atoms with Crippen LogP contribution in [0.2, 0.25) is 0 Å². The van der Waals surface area contributed by atoms with Gasteiger partial charge in [-0.3, -0.25) is 4.79 Å². The number of carbonyl (C=O) groups is 1. The number of hydrogen-bond acceptors (Lipinski definition) is 3. The minimum atomic E-state index is -0.397. The predicted octanol–water partition coefficient (Wildman–Crippen LogP) is 1.71. The molecule has 1 aliphatic carbocycles. The van der Waals surface area contributed by atoms with E-state index in [-0.39, 0.29) is 12.0 Å². The average molecular weight is 261 g/mol. The molecule has 1 amide bonds. The summed E-state index contributed by atoms with van der Waals surface area (Å²) < 4.78 is 5.92. The Morgan fingerprint density at radius 2 is 2.16 bits per heavy atom. The Bertz CT molecular complexity index is 486. The largest absolute Gasteiger partial charge is 0.480 e. The first-order chi connectivity index (χ1) is 9.25. The Balaban J connectivity index is 1.82. The molecule has 4 nitrogen and oxygen atoms in total. The van der Waals surface area contributed by atoms with Gasteiger partial charge in [0.1, 0.15) is 5.75 Å². The lowest BCUT2D eigenvalue weighted by Crippen LogP contribution is -2.36. The summed E-state index contributed by atoms with van der Waals surface area (Å²) in [6.07, 6.45) is 3.55. The van der Waals surface area contributed by atoms with E-state index in [0.717, 1.165) is 55.5 Å². The third kappa shape index (κ3) is 2.45. The molecule has 2 unspecified atom stereocenters. The number of amides is 1. The molecule has 1 saturated heterocycles. The quantitative estimate of drug-likeness (QED) is 0.852. The summed E-state index contributed by atoms with van der Waals surface area (Å²) in [6, 6.07) is 5.72. The highest BCUT2D eigenvalue weighted by atomic mass is 16.5. The standard InChI is InChI=1S/C15H19NO3/c17-12-8-7-11-10(12)4-3-6-13(11)19-14-5-1-2-9-16-15(14)18/h3-4,6,12,14,17H,1-2,5,7-9H2,(H,16,18). The van der Waals surface area contributed by atoms with Crippen LogP contribution in [0.4, 0.5) is 0 Å². The molecule has 1 aromatic rings. The molecule has 2 N–H and O–H groups in total. The zero-order valence-corrected chi connectivity index (χ0v) is 10.9. The van der Waals surface area contributed by atoms with E-state index in [9.17, 15) is 9.90 Å². The molecule has 19 heavy (non-hydrogen) atoms. The van der Waals surface area contributed by atoms with Gasteiger partial charge in [-0.2, -0.15) is 0 Å². The second kappa shape index (κ2) is 5.21. The number of fused-ring (bicyclic) bond motifs is 1. The van der Waals surface area contributed by atoms with Crippen molar-refractivity contribution in [2.75, 3.05) is 6.54 Å². The van der Waals surface area contributed by atoms with Crippen LogP contribution in [0.15, 0.2) is 18.2 Å². The van der Waals surface area contributed by atoms with Crippen molar-refractivity contribution < 1.29 is 14.6 Å². The SMILES string of the molecule is O=C1NCCCCC1Oc1cccc2c1CCC2O. The number of aliphatic hydroxyl groups is 1. The molecular formula is C15H19NO3. The van der Waals surface area contributed by atoms with Gasteiger partial charge in [-0.1, -0.05) is 12.1 Å². The van der Waals surface area contributed by atoms with Crippen molar-refractivity contribution >= 4 is 5.91 Å². The zero-order valence-electron chi connectivity index (χ0n) is 10.9. The van der Waals surface area contributed by atoms with Crippen molar-refractivity contribution in [3.63, 3.8) is 0 Å². The molecule has 2 aliphatic rings. The summed E-state index contributed by atoms with van der Waals surface area (Å²) in [5.74, 6) is 0.741. The van der Waals surface area contributed by atoms with Crippen LogP contribution in [-0.2, 0) is 11.2 Å². The fourth-order valence-electron chi connectivity index (χ4n) is 2.89. The Morgan fingerprint density at radius 1 is 1.26 bits per heavy atom. The van der Waals surface area contributed by atoms with Gasteiger partial charge in [0.05, 0.1) is 6.10 Å². The molecular weight excluding hydrogens is 242 g/mol. The normalized spacial score (nSPS) is 26.5. The first-order valence-corrected chi connectivity index (χ1v) is 7.00. The molecule has 0 saturated carbocycles. The van der Waals surface area contributed by atoms with Crippen molar-refractivity contribution in [2.24, 2.45) is 0 Å². The monoisotopic (exact) mass is 261 g/mol. The highest BCUT2D eigenvalue weighted by molar-refractivity contribution is 5.81. The van der Waals surface area contributed by atoms with Gasteiger partial charge in [-0.05, 0) is 43.7 Å². The van der Waals surface area contributed by atoms with Gasteiger partial charge in [0.25, 0.3) is 5.91 Å². The van der Waals surface area contributed by atoms with Crippen LogP contribution in [0.25, 0.3) is 0 Å². The number of carbonyl (C=O) groups excluding carboxylic acids is 1. The van der Waals surface area contributed by atoms with E-state index in [1.165, 1.54) is 0 Å². The highest BCUT2D eigenvalue weighted by Gasteiger charge is 2.27. The van der Waals surface area contributed by atoms with Crippen LogP contribution in [0, 0.1) is 0 Å². The molecule has 0 aromatic heterocycles. The average Bonchev–Trinajstić information content (AvgIpc) is 2.67. The lowest BCUT2D eigenvalue weighted by Gasteiger charge is -2.18. The molecule has 4 heteroatoms. The molecule has 1 fully saturated rings. The second-order valence-electron chi connectivity index (χ2n) is 5.27. The highest BCUT2D eigenvalue weighted by Crippen LogP contribution is 2.37. The topological polar surface area (TPSA) is 58.6 Å². The number of nitrogens with one attached hydrogen (secondary N) is 1. The van der Waals surface area contributed by atoms with Gasteiger partial charge in [0.15, 0.2) is 6.10 Å². The summed E-state index contributed by atoms with van der Waals surface area (Å²) in [5.41, 5.74) is 2.01. The van der Waals surface area contributed by atoms with Gasteiger partial charge in [0, 0.05) is 12.1 Å². The molecule has 102 valence electrons. The summed E-state index contributed by atoms with van der Waals surface area (Å²) in [4.78, 5) is 11.9. The number of rotatable bonds is 2. The minimum Gasteiger partial charge on any atom is -0.480 e. The molecule has 0 radical (unpaired) electrons. The van der Waals surface area contributed by atoms with Crippen LogP contribution in [-0.4, -0.2) is 23.7 Å². The molecule has 2 atom stereocenters. The van der Waals surface area contributed by atoms with E-state index in [0.29, 0.717) is 0 Å². The molecule has 3 rings (SSSR count). The molecule has 0 bridgehead atoms. The summed E-state index contributed by atoms with van der Waals surface area (Å²) >= 11 is 0. The number of hydrogen-bond donors (Lipinski definition) is 2. The summed E-state index contributed by atoms with van der Waals surface area (Å²) in [6.45, 7) is 0.740. The first-order valence-electron chi connectivity index (χ1n) is 7.00. The Hall–Kier alpha value is -1.55. The lowest BCUT2D eigenvalue weighted by molar-refractivity contribution is -0.127. The Labute approximate surface area is 112 Å². The van der Waals surface area contributed by atoms with Crippen molar-refractivity contribution in [1.29, 1.82) is 0 Å². The second-order valence-corrected chi connectivity index (χ2v) is 5.27. The number of benzene rings is 1. The van der Waals surface area contributed by atoms with Crippen LogP contribution in [0.1, 0.15) is 42.9 Å². The van der Waals surface area contributed by atoms with Crippen LogP contribution in [0.5, 0.6) is 5.75 Å². The molecule has 1 aliphatic heterocycles. The van der Waals surface area contributed by atoms with E-state index < -0.39 is 6.10 Å². The third-order valence-electron chi connectivity index (χ3n) is 3.95. The van der Waals surface area contributed by atoms with Crippen molar-refractivity contribution in [2.45, 2.75) is 44.3 Å². The van der Waals surface area contributed by atoms with Crippen molar-refractivity contribution in [3.8, 4) is 5.75 Å². The fraction of sp³-hybridized carbons (Fsp3) is 0.533. The Morgan fingerprint density at radius 3 is 3.05 bits per heavy atom. The number of aliphatic hydroxyl groups excluding tert-OH is 1. The lowest BCUT2D eigenvalue weighted by atomic mass is 10.1. The minimum absolute atomic E-state index is 0.0198. The molecule has 0 spiro atoms. The van der Waals surface area contributed by atoms with Gasteiger partial charge < -0.3 is 15.2 Å².